The van der Waals surface area contributed by atoms with Crippen LogP contribution in [-0.2, 0) is 11.3 Å². The number of halogens is 1. The van der Waals surface area contributed by atoms with Gasteiger partial charge in [0.25, 0.3) is 5.78 Å². The van der Waals surface area contributed by atoms with E-state index in [9.17, 15) is 4.79 Å². The van der Waals surface area contributed by atoms with Crippen LogP contribution in [0, 0.1) is 12.8 Å². The quantitative estimate of drug-likeness (QED) is 0.748. The Bertz CT molecular complexity index is 964. The normalized spacial score (nSPS) is 15.3. The second-order valence-electron chi connectivity index (χ2n) is 6.84. The van der Waals surface area contributed by atoms with Gasteiger partial charge in [0.15, 0.2) is 0 Å². The van der Waals surface area contributed by atoms with Crippen LogP contribution in [0.3, 0.4) is 0 Å². The van der Waals surface area contributed by atoms with Gasteiger partial charge in [0.1, 0.15) is 12.1 Å². The summed E-state index contributed by atoms with van der Waals surface area (Å²) in [6.45, 7) is 4.05. The third-order valence-corrected chi connectivity index (χ3v) is 5.14. The first kappa shape index (κ1) is 17.7. The first-order valence-electron chi connectivity index (χ1n) is 9.04. The lowest BCUT2D eigenvalue weighted by atomic mass is 9.95. The molecule has 1 aliphatic heterocycles. The predicted octanol–water partition coefficient (Wildman–Crippen LogP) is 2.62. The van der Waals surface area contributed by atoms with Crippen LogP contribution in [0.25, 0.3) is 5.78 Å². The van der Waals surface area contributed by atoms with Gasteiger partial charge in [-0.15, -0.1) is 0 Å². The molecule has 0 bridgehead atoms. The van der Waals surface area contributed by atoms with Gasteiger partial charge in [-0.05, 0) is 37.5 Å². The Morgan fingerprint density at radius 3 is 2.89 bits per heavy atom. The van der Waals surface area contributed by atoms with E-state index in [4.69, 9.17) is 11.6 Å². The molecule has 0 unspecified atom stereocenters. The fraction of sp³-hybridized carbons (Fsp3) is 0.368. The van der Waals surface area contributed by atoms with Gasteiger partial charge in [0.2, 0.25) is 5.91 Å². The molecular weight excluding hydrogens is 364 g/mol. The number of hydrogen-bond acceptors (Lipinski definition) is 5. The van der Waals surface area contributed by atoms with Crippen LogP contribution in [-0.4, -0.2) is 38.6 Å². The molecule has 0 radical (unpaired) electrons. The number of fused-ring (bicyclic) bond motifs is 1. The summed E-state index contributed by atoms with van der Waals surface area (Å²) in [6.07, 6.45) is 3.12. The second kappa shape index (κ2) is 7.52. The lowest BCUT2D eigenvalue weighted by Gasteiger charge is -2.32. The third-order valence-electron chi connectivity index (χ3n) is 4.91. The maximum absolute atomic E-state index is 12.5. The van der Waals surface area contributed by atoms with Crippen LogP contribution in [0.5, 0.6) is 0 Å². The van der Waals surface area contributed by atoms with E-state index in [2.05, 4.69) is 25.3 Å². The van der Waals surface area contributed by atoms with Crippen molar-refractivity contribution >= 4 is 29.1 Å². The maximum atomic E-state index is 12.5. The molecule has 3 aromatic rings. The van der Waals surface area contributed by atoms with Crippen molar-refractivity contribution in [2.45, 2.75) is 26.3 Å². The molecule has 0 aliphatic carbocycles. The second-order valence-corrected chi connectivity index (χ2v) is 7.27. The summed E-state index contributed by atoms with van der Waals surface area (Å²) < 4.78 is 1.76. The number of piperidine rings is 1. The largest absolute Gasteiger partial charge is 0.356 e. The lowest BCUT2D eigenvalue weighted by molar-refractivity contribution is -0.125. The van der Waals surface area contributed by atoms with E-state index >= 15 is 0 Å². The van der Waals surface area contributed by atoms with Crippen LogP contribution < -0.4 is 10.2 Å². The zero-order valence-corrected chi connectivity index (χ0v) is 15.9. The molecule has 140 valence electrons. The number of amides is 1. The Labute approximate surface area is 162 Å². The van der Waals surface area contributed by atoms with Crippen LogP contribution >= 0.6 is 11.6 Å². The highest BCUT2D eigenvalue weighted by molar-refractivity contribution is 6.30. The third kappa shape index (κ3) is 3.88. The predicted molar refractivity (Wildman–Crippen MR) is 104 cm³/mol. The van der Waals surface area contributed by atoms with Gasteiger partial charge in [-0.25, -0.2) is 4.98 Å². The molecule has 1 saturated heterocycles. The van der Waals surface area contributed by atoms with Gasteiger partial charge in [-0.1, -0.05) is 23.7 Å². The minimum Gasteiger partial charge on any atom is -0.356 e. The van der Waals surface area contributed by atoms with Gasteiger partial charge >= 0.3 is 0 Å². The number of benzene rings is 1. The molecule has 1 aromatic carbocycles. The summed E-state index contributed by atoms with van der Waals surface area (Å²) in [4.78, 5) is 23.3. The molecule has 4 rings (SSSR count). The number of nitrogens with zero attached hydrogens (tertiary/aromatic N) is 5. The summed E-state index contributed by atoms with van der Waals surface area (Å²) in [7, 11) is 0. The number of anilines is 1. The van der Waals surface area contributed by atoms with E-state index in [-0.39, 0.29) is 11.8 Å². The van der Waals surface area contributed by atoms with Crippen molar-refractivity contribution in [2.24, 2.45) is 5.92 Å². The molecule has 0 atom stereocenters. The summed E-state index contributed by atoms with van der Waals surface area (Å²) in [5.41, 5.74) is 1.92. The zero-order valence-electron chi connectivity index (χ0n) is 15.1. The summed E-state index contributed by atoms with van der Waals surface area (Å²) in [5, 5.41) is 7.98. The molecular formula is C19H21ClN6O. The van der Waals surface area contributed by atoms with Crippen LogP contribution in [0.4, 0.5) is 5.82 Å². The minimum absolute atomic E-state index is 0.0228. The summed E-state index contributed by atoms with van der Waals surface area (Å²) >= 11 is 5.99. The Morgan fingerprint density at radius 1 is 1.30 bits per heavy atom. The number of rotatable bonds is 4. The molecule has 1 aliphatic rings. The number of hydrogen-bond donors (Lipinski definition) is 1. The lowest BCUT2D eigenvalue weighted by Crippen LogP contribution is -2.41. The molecule has 1 amide bonds. The van der Waals surface area contributed by atoms with Gasteiger partial charge in [0, 0.05) is 42.3 Å². The Kier molecular flexibility index (Phi) is 4.94. The first-order chi connectivity index (χ1) is 13.1. The molecule has 27 heavy (non-hydrogen) atoms. The first-order valence-corrected chi connectivity index (χ1v) is 9.42. The number of carbonyl (C=O) groups excluding carboxylic acids is 1. The fourth-order valence-electron chi connectivity index (χ4n) is 3.49. The van der Waals surface area contributed by atoms with E-state index < -0.39 is 0 Å². The molecule has 0 saturated carbocycles. The number of aromatic nitrogens is 4. The van der Waals surface area contributed by atoms with E-state index in [1.165, 1.54) is 6.33 Å². The van der Waals surface area contributed by atoms with Crippen LogP contribution in [0.1, 0.15) is 24.1 Å². The molecule has 7 nitrogen and oxygen atoms in total. The van der Waals surface area contributed by atoms with Crippen molar-refractivity contribution in [3.63, 3.8) is 0 Å². The summed E-state index contributed by atoms with van der Waals surface area (Å²) in [5.74, 6) is 1.71. The number of carbonyl (C=O) groups is 1. The van der Waals surface area contributed by atoms with Crippen molar-refractivity contribution in [1.82, 2.24) is 24.9 Å². The van der Waals surface area contributed by atoms with Crippen LogP contribution in [0.15, 0.2) is 36.7 Å². The van der Waals surface area contributed by atoms with Gasteiger partial charge in [-0.3, -0.25) is 4.79 Å². The monoisotopic (exact) mass is 384 g/mol. The summed E-state index contributed by atoms with van der Waals surface area (Å²) in [6, 6.07) is 9.57. The molecule has 8 heteroatoms. The topological polar surface area (TPSA) is 75.4 Å². The van der Waals surface area contributed by atoms with Gasteiger partial charge in [-0.2, -0.15) is 14.6 Å². The average molecular weight is 385 g/mol. The Hall–Kier alpha value is -2.67. The molecule has 1 N–H and O–H groups in total. The zero-order chi connectivity index (χ0) is 18.8. The van der Waals surface area contributed by atoms with Gasteiger partial charge in [0.05, 0.1) is 0 Å². The highest BCUT2D eigenvalue weighted by Gasteiger charge is 2.26. The maximum Gasteiger partial charge on any atom is 0.254 e. The Balaban J connectivity index is 1.37. The van der Waals surface area contributed by atoms with E-state index in [1.807, 2.05) is 37.3 Å². The number of nitrogens with one attached hydrogen (secondary N) is 1. The smallest absolute Gasteiger partial charge is 0.254 e. The molecule has 3 heterocycles. The fourth-order valence-corrected chi connectivity index (χ4v) is 3.70. The van der Waals surface area contributed by atoms with E-state index in [0.717, 1.165) is 43.0 Å². The average Bonchev–Trinajstić information content (AvgIpc) is 3.14. The molecule has 2 aromatic heterocycles. The highest BCUT2D eigenvalue weighted by atomic mass is 35.5. The van der Waals surface area contributed by atoms with Crippen molar-refractivity contribution in [3.8, 4) is 0 Å². The Morgan fingerprint density at radius 2 is 2.11 bits per heavy atom. The SMILES string of the molecule is Cc1cc(N2CCC(C(=O)NCc3cccc(Cl)c3)CC2)n2ncnc2n1. The van der Waals surface area contributed by atoms with Gasteiger partial charge < -0.3 is 10.2 Å². The highest BCUT2D eigenvalue weighted by Crippen LogP contribution is 2.24. The molecule has 0 spiro atoms. The van der Waals surface area contributed by atoms with Crippen molar-refractivity contribution in [2.75, 3.05) is 18.0 Å². The van der Waals surface area contributed by atoms with E-state index in [1.54, 1.807) is 4.52 Å². The number of aryl methyl sites for hydroxylation is 1. The van der Waals surface area contributed by atoms with Crippen molar-refractivity contribution in [1.29, 1.82) is 0 Å². The standard InChI is InChI=1S/C19H21ClN6O/c1-13-9-17(26-19(24-13)22-12-23-26)25-7-5-15(6-8-25)18(27)21-11-14-3-2-4-16(20)10-14/h2-4,9-10,12,15H,5-8,11H2,1H3,(H,21,27). The van der Waals surface area contributed by atoms with E-state index in [0.29, 0.717) is 17.3 Å². The molecule has 1 fully saturated rings. The van der Waals surface area contributed by atoms with Crippen LogP contribution in [0.2, 0.25) is 5.02 Å². The van der Waals surface area contributed by atoms with Crippen molar-refractivity contribution < 1.29 is 4.79 Å². The van der Waals surface area contributed by atoms with Crippen molar-refractivity contribution in [3.05, 3.63) is 52.9 Å². The minimum atomic E-state index is 0.0228.